The second kappa shape index (κ2) is 9.90. The van der Waals surface area contributed by atoms with Gasteiger partial charge >= 0.3 is 0 Å². The predicted octanol–water partition coefficient (Wildman–Crippen LogP) is 3.55. The van der Waals surface area contributed by atoms with E-state index in [-0.39, 0.29) is 29.7 Å². The van der Waals surface area contributed by atoms with Crippen molar-refractivity contribution in [2.24, 2.45) is 0 Å². The second-order valence-corrected chi connectivity index (χ2v) is 8.60. The van der Waals surface area contributed by atoms with Crippen molar-refractivity contribution in [3.8, 4) is 0 Å². The number of nitrogens with one attached hydrogen (secondary N) is 3. The molecule has 8 heteroatoms. The third-order valence-corrected chi connectivity index (χ3v) is 5.82. The quantitative estimate of drug-likeness (QED) is 0.501. The molecule has 0 radical (unpaired) electrons. The van der Waals surface area contributed by atoms with Crippen LogP contribution in [0, 0.1) is 6.92 Å². The molecule has 3 aromatic rings. The third kappa shape index (κ3) is 6.42. The molecule has 7 nitrogen and oxygen atoms in total. The predicted molar refractivity (Wildman–Crippen MR) is 120 cm³/mol. The van der Waals surface area contributed by atoms with Gasteiger partial charge in [-0.25, -0.2) is 8.42 Å². The summed E-state index contributed by atoms with van der Waals surface area (Å²) in [4.78, 5) is 24.1. The Morgan fingerprint density at radius 3 is 2.06 bits per heavy atom. The van der Waals surface area contributed by atoms with Gasteiger partial charge in [0.05, 0.1) is 4.90 Å². The van der Waals surface area contributed by atoms with E-state index in [1.165, 1.54) is 24.3 Å². The number of hydrogen-bond acceptors (Lipinski definition) is 4. The Morgan fingerprint density at radius 1 is 0.806 bits per heavy atom. The first-order valence-corrected chi connectivity index (χ1v) is 11.1. The minimum Gasteiger partial charge on any atom is -0.352 e. The Bertz CT molecular complexity index is 1140. The highest BCUT2D eigenvalue weighted by atomic mass is 32.2. The van der Waals surface area contributed by atoms with Crippen LogP contribution in [0.25, 0.3) is 0 Å². The van der Waals surface area contributed by atoms with Gasteiger partial charge in [0.1, 0.15) is 0 Å². The van der Waals surface area contributed by atoms with Crippen LogP contribution in [0.5, 0.6) is 0 Å². The Kier molecular flexibility index (Phi) is 7.04. The Morgan fingerprint density at radius 2 is 1.42 bits per heavy atom. The van der Waals surface area contributed by atoms with Crippen LogP contribution < -0.4 is 15.4 Å². The number of rotatable bonds is 8. The van der Waals surface area contributed by atoms with Crippen molar-refractivity contribution in [1.29, 1.82) is 0 Å². The molecule has 3 aromatic carbocycles. The average Bonchev–Trinajstić information content (AvgIpc) is 2.76. The number of amides is 2. The van der Waals surface area contributed by atoms with Crippen molar-refractivity contribution >= 4 is 33.2 Å². The molecule has 0 aliphatic carbocycles. The summed E-state index contributed by atoms with van der Waals surface area (Å²) in [5, 5.41) is 5.37. The molecule has 0 saturated heterocycles. The van der Waals surface area contributed by atoms with Crippen molar-refractivity contribution in [1.82, 2.24) is 5.32 Å². The molecule has 3 rings (SSSR count). The molecule has 0 bridgehead atoms. The van der Waals surface area contributed by atoms with E-state index >= 15 is 0 Å². The third-order valence-electron chi connectivity index (χ3n) is 4.43. The van der Waals surface area contributed by atoms with E-state index in [2.05, 4.69) is 15.4 Å². The number of carbonyl (C=O) groups is 2. The molecule has 0 aliphatic heterocycles. The van der Waals surface area contributed by atoms with Gasteiger partial charge in [-0.15, -0.1) is 0 Å². The molecule has 0 aromatic heterocycles. The molecule has 0 aliphatic rings. The molecule has 0 fully saturated rings. The number of anilines is 2. The summed E-state index contributed by atoms with van der Waals surface area (Å²) >= 11 is 0. The van der Waals surface area contributed by atoms with E-state index in [1.54, 1.807) is 36.4 Å². The molecule has 160 valence electrons. The fourth-order valence-electron chi connectivity index (χ4n) is 2.76. The number of benzene rings is 3. The molecule has 0 atom stereocenters. The van der Waals surface area contributed by atoms with Crippen LogP contribution in [-0.4, -0.2) is 26.8 Å². The zero-order valence-electron chi connectivity index (χ0n) is 17.0. The summed E-state index contributed by atoms with van der Waals surface area (Å²) in [6, 6.07) is 21.6. The van der Waals surface area contributed by atoms with Crippen molar-refractivity contribution in [3.05, 3.63) is 90.0 Å². The van der Waals surface area contributed by atoms with Gasteiger partial charge in [0, 0.05) is 29.9 Å². The minimum absolute atomic E-state index is 0.0844. The fraction of sp³-hybridized carbons (Fsp3) is 0.130. The van der Waals surface area contributed by atoms with E-state index in [1.807, 2.05) is 25.1 Å². The lowest BCUT2D eigenvalue weighted by Gasteiger charge is -2.10. The summed E-state index contributed by atoms with van der Waals surface area (Å²) in [5.74, 6) is -0.536. The van der Waals surface area contributed by atoms with Gasteiger partial charge in [-0.3, -0.25) is 14.3 Å². The van der Waals surface area contributed by atoms with E-state index in [9.17, 15) is 18.0 Å². The van der Waals surface area contributed by atoms with Gasteiger partial charge in [0.15, 0.2) is 0 Å². The number of sulfonamides is 1. The standard InChI is InChI=1S/C23H23N3O4S/c1-17-7-9-20(10-8-17)26-31(29,30)21-13-11-19(12-14-21)25-22(27)15-16-24-23(28)18-5-3-2-4-6-18/h2-14,26H,15-16H2,1H3,(H,24,28)(H,25,27). The lowest BCUT2D eigenvalue weighted by molar-refractivity contribution is -0.116. The van der Waals surface area contributed by atoms with Crippen molar-refractivity contribution in [2.75, 3.05) is 16.6 Å². The number of hydrogen-bond donors (Lipinski definition) is 3. The SMILES string of the molecule is Cc1ccc(NS(=O)(=O)c2ccc(NC(=O)CCNC(=O)c3ccccc3)cc2)cc1. The molecule has 3 N–H and O–H groups in total. The largest absolute Gasteiger partial charge is 0.352 e. The molecule has 2 amide bonds. The van der Waals surface area contributed by atoms with E-state index < -0.39 is 10.0 Å². The van der Waals surface area contributed by atoms with Crippen molar-refractivity contribution < 1.29 is 18.0 Å². The smallest absolute Gasteiger partial charge is 0.261 e. The van der Waals surface area contributed by atoms with Crippen LogP contribution in [0.2, 0.25) is 0 Å². The van der Waals surface area contributed by atoms with E-state index in [4.69, 9.17) is 0 Å². The first-order chi connectivity index (χ1) is 14.8. The molecule has 0 saturated carbocycles. The summed E-state index contributed by atoms with van der Waals surface area (Å²) < 4.78 is 27.5. The molecule has 0 unspecified atom stereocenters. The van der Waals surface area contributed by atoms with Gasteiger partial charge in [-0.2, -0.15) is 0 Å². The molecular weight excluding hydrogens is 414 g/mol. The molecular formula is C23H23N3O4S. The van der Waals surface area contributed by atoms with Crippen molar-refractivity contribution in [3.63, 3.8) is 0 Å². The van der Waals surface area contributed by atoms with Crippen LogP contribution in [0.1, 0.15) is 22.3 Å². The van der Waals surface area contributed by atoms with Gasteiger partial charge in [-0.1, -0.05) is 35.9 Å². The first-order valence-electron chi connectivity index (χ1n) is 9.66. The van der Waals surface area contributed by atoms with Crippen LogP contribution >= 0.6 is 0 Å². The lowest BCUT2D eigenvalue weighted by Crippen LogP contribution is -2.27. The van der Waals surface area contributed by atoms with E-state index in [0.29, 0.717) is 16.9 Å². The summed E-state index contributed by atoms with van der Waals surface area (Å²) in [7, 11) is -3.73. The summed E-state index contributed by atoms with van der Waals surface area (Å²) in [5.41, 5.74) is 2.50. The molecule has 31 heavy (non-hydrogen) atoms. The zero-order chi connectivity index (χ0) is 22.3. The topological polar surface area (TPSA) is 104 Å². The van der Waals surface area contributed by atoms with Crippen LogP contribution in [0.3, 0.4) is 0 Å². The van der Waals surface area contributed by atoms with Crippen molar-refractivity contribution in [2.45, 2.75) is 18.2 Å². The summed E-state index contributed by atoms with van der Waals surface area (Å²) in [6.45, 7) is 2.11. The second-order valence-electron chi connectivity index (χ2n) is 6.92. The maximum Gasteiger partial charge on any atom is 0.261 e. The fourth-order valence-corrected chi connectivity index (χ4v) is 3.82. The zero-order valence-corrected chi connectivity index (χ0v) is 17.8. The van der Waals surface area contributed by atoms with Gasteiger partial charge in [0.2, 0.25) is 5.91 Å². The van der Waals surface area contributed by atoms with Crippen LogP contribution in [-0.2, 0) is 14.8 Å². The van der Waals surface area contributed by atoms with Gasteiger partial charge in [0.25, 0.3) is 15.9 Å². The minimum atomic E-state index is -3.73. The van der Waals surface area contributed by atoms with Crippen LogP contribution in [0.15, 0.2) is 83.8 Å². The normalized spacial score (nSPS) is 10.9. The Balaban J connectivity index is 1.50. The van der Waals surface area contributed by atoms with Crippen LogP contribution in [0.4, 0.5) is 11.4 Å². The lowest BCUT2D eigenvalue weighted by atomic mass is 10.2. The van der Waals surface area contributed by atoms with Gasteiger partial charge in [-0.05, 0) is 55.5 Å². The van der Waals surface area contributed by atoms with Gasteiger partial charge < -0.3 is 10.6 Å². The maximum absolute atomic E-state index is 12.5. The Hall–Kier alpha value is -3.65. The number of aryl methyl sites for hydroxylation is 1. The number of carbonyl (C=O) groups excluding carboxylic acids is 2. The Labute approximate surface area is 181 Å². The molecule has 0 heterocycles. The monoisotopic (exact) mass is 437 g/mol. The highest BCUT2D eigenvalue weighted by Gasteiger charge is 2.14. The van der Waals surface area contributed by atoms with E-state index in [0.717, 1.165) is 5.56 Å². The highest BCUT2D eigenvalue weighted by Crippen LogP contribution is 2.18. The summed E-state index contributed by atoms with van der Waals surface area (Å²) in [6.07, 6.45) is 0.0909. The highest BCUT2D eigenvalue weighted by molar-refractivity contribution is 7.92. The maximum atomic E-state index is 12.5. The average molecular weight is 438 g/mol. The molecule has 0 spiro atoms. The first kappa shape index (κ1) is 22.0.